The number of nitrogens with zero attached hydrogens (tertiary/aromatic N) is 4. The number of anilines is 1. The van der Waals surface area contributed by atoms with E-state index >= 15 is 0 Å². The van der Waals surface area contributed by atoms with E-state index in [2.05, 4.69) is 26.1 Å². The second-order valence-corrected chi connectivity index (χ2v) is 7.75. The zero-order valence-electron chi connectivity index (χ0n) is 16.2. The molecule has 5 rings (SSSR count). The molecule has 0 radical (unpaired) electrons. The third kappa shape index (κ3) is 3.37. The topological polar surface area (TPSA) is 82.2 Å². The summed E-state index contributed by atoms with van der Waals surface area (Å²) >= 11 is 0. The smallest absolute Gasteiger partial charge is 0.254 e. The number of H-pyrrole nitrogens is 1. The van der Waals surface area contributed by atoms with Crippen molar-refractivity contribution in [1.82, 2.24) is 20.1 Å². The van der Waals surface area contributed by atoms with Crippen LogP contribution in [0, 0.1) is 0 Å². The summed E-state index contributed by atoms with van der Waals surface area (Å²) in [5, 5.41) is 9.63. The number of para-hydroxylation sites is 1. The van der Waals surface area contributed by atoms with Crippen LogP contribution in [0.25, 0.3) is 10.9 Å². The molecule has 2 aromatic heterocycles. The number of hydrogen-bond acceptors (Lipinski definition) is 5. The number of carbonyl (C=O) groups is 1. The van der Waals surface area contributed by atoms with Gasteiger partial charge in [-0.2, -0.15) is 5.10 Å². The first-order valence-corrected chi connectivity index (χ1v) is 10.2. The molecule has 1 N–H and O–H groups in total. The maximum Gasteiger partial charge on any atom is 0.254 e. The summed E-state index contributed by atoms with van der Waals surface area (Å²) in [4.78, 5) is 31.9. The number of aromatic amines is 1. The Hall–Kier alpha value is -3.22. The fourth-order valence-electron chi connectivity index (χ4n) is 4.32. The van der Waals surface area contributed by atoms with Crippen molar-refractivity contribution in [3.8, 4) is 0 Å². The molecule has 1 saturated heterocycles. The molecule has 29 heavy (non-hydrogen) atoms. The number of rotatable bonds is 2. The number of hydrogen-bond donors (Lipinski definition) is 1. The van der Waals surface area contributed by atoms with Gasteiger partial charge in [0.05, 0.1) is 11.3 Å². The van der Waals surface area contributed by atoms with E-state index in [-0.39, 0.29) is 11.5 Å². The van der Waals surface area contributed by atoms with Gasteiger partial charge in [0.2, 0.25) is 5.56 Å². The number of amides is 1. The Morgan fingerprint density at radius 3 is 2.62 bits per heavy atom. The number of aromatic nitrogens is 3. The van der Waals surface area contributed by atoms with Gasteiger partial charge in [-0.05, 0) is 43.4 Å². The molecule has 0 saturated carbocycles. The standard InChI is InChI=1S/C22H23N5O2/c28-21-14-17(16-6-2-4-8-19(16)23-21)22(29)27-11-9-26(10-12-27)20-13-15-5-1-3-7-18(15)24-25-20/h2,4,6,8,13-14H,1,3,5,7,9-12H2,(H,23,28). The third-order valence-corrected chi connectivity index (χ3v) is 5.93. The van der Waals surface area contributed by atoms with Gasteiger partial charge in [0, 0.05) is 43.1 Å². The van der Waals surface area contributed by atoms with Gasteiger partial charge in [-0.15, -0.1) is 5.10 Å². The summed E-state index contributed by atoms with van der Waals surface area (Å²) in [7, 11) is 0. The molecule has 0 spiro atoms. The maximum absolute atomic E-state index is 13.1. The average Bonchev–Trinajstić information content (AvgIpc) is 2.78. The van der Waals surface area contributed by atoms with Crippen LogP contribution in [0.5, 0.6) is 0 Å². The summed E-state index contributed by atoms with van der Waals surface area (Å²) in [6.07, 6.45) is 4.50. The van der Waals surface area contributed by atoms with Crippen LogP contribution < -0.4 is 10.5 Å². The number of benzene rings is 1. The lowest BCUT2D eigenvalue weighted by atomic mass is 9.97. The highest BCUT2D eigenvalue weighted by atomic mass is 16.2. The first kappa shape index (κ1) is 17.8. The van der Waals surface area contributed by atoms with E-state index in [1.54, 1.807) is 0 Å². The molecule has 148 valence electrons. The Morgan fingerprint density at radius 2 is 1.76 bits per heavy atom. The van der Waals surface area contributed by atoms with Gasteiger partial charge in [0.25, 0.3) is 5.91 Å². The van der Waals surface area contributed by atoms with Gasteiger partial charge < -0.3 is 14.8 Å². The van der Waals surface area contributed by atoms with Gasteiger partial charge in [0.15, 0.2) is 5.82 Å². The Kier molecular flexibility index (Phi) is 4.50. The van der Waals surface area contributed by atoms with E-state index in [1.165, 1.54) is 24.5 Å². The minimum atomic E-state index is -0.255. The van der Waals surface area contributed by atoms with E-state index in [4.69, 9.17) is 0 Å². The molecule has 3 heterocycles. The van der Waals surface area contributed by atoms with Crippen LogP contribution in [0.4, 0.5) is 5.82 Å². The van der Waals surface area contributed by atoms with Crippen LogP contribution in [0.15, 0.2) is 41.2 Å². The van der Waals surface area contributed by atoms with E-state index in [9.17, 15) is 9.59 Å². The Balaban J connectivity index is 1.33. The molecule has 2 aliphatic rings. The first-order valence-electron chi connectivity index (χ1n) is 10.2. The zero-order valence-corrected chi connectivity index (χ0v) is 16.2. The van der Waals surface area contributed by atoms with Crippen molar-refractivity contribution >= 4 is 22.6 Å². The number of carbonyl (C=O) groups excluding carboxylic acids is 1. The number of fused-ring (bicyclic) bond motifs is 2. The lowest BCUT2D eigenvalue weighted by Gasteiger charge is -2.35. The van der Waals surface area contributed by atoms with Crippen LogP contribution in [0.2, 0.25) is 0 Å². The van der Waals surface area contributed by atoms with E-state index in [0.717, 1.165) is 29.7 Å². The van der Waals surface area contributed by atoms with Crippen molar-refractivity contribution in [2.45, 2.75) is 25.7 Å². The Bertz CT molecular complexity index is 1130. The number of piperazine rings is 1. The average molecular weight is 389 g/mol. The van der Waals surface area contributed by atoms with E-state index in [1.807, 2.05) is 29.2 Å². The van der Waals surface area contributed by atoms with Gasteiger partial charge in [0.1, 0.15) is 0 Å². The van der Waals surface area contributed by atoms with Gasteiger partial charge >= 0.3 is 0 Å². The summed E-state index contributed by atoms with van der Waals surface area (Å²) < 4.78 is 0. The molecular weight excluding hydrogens is 366 g/mol. The largest absolute Gasteiger partial charge is 0.352 e. The van der Waals surface area contributed by atoms with Crippen LogP contribution in [-0.4, -0.2) is 52.2 Å². The van der Waals surface area contributed by atoms with Crippen LogP contribution in [-0.2, 0) is 12.8 Å². The third-order valence-electron chi connectivity index (χ3n) is 5.93. The quantitative estimate of drug-likeness (QED) is 0.726. The number of aryl methyl sites for hydroxylation is 2. The fourth-order valence-corrected chi connectivity index (χ4v) is 4.32. The fraction of sp³-hybridized carbons (Fsp3) is 0.364. The predicted molar refractivity (Wildman–Crippen MR) is 111 cm³/mol. The summed E-state index contributed by atoms with van der Waals surface area (Å²) in [5.74, 6) is 0.808. The molecule has 0 unspecified atom stereocenters. The predicted octanol–water partition coefficient (Wildman–Crippen LogP) is 2.16. The van der Waals surface area contributed by atoms with Crippen LogP contribution in [0.3, 0.4) is 0 Å². The molecule has 7 nitrogen and oxygen atoms in total. The molecule has 1 amide bonds. The molecule has 1 aliphatic carbocycles. The highest BCUT2D eigenvalue weighted by Gasteiger charge is 2.25. The minimum Gasteiger partial charge on any atom is -0.352 e. The summed E-state index contributed by atoms with van der Waals surface area (Å²) in [6.45, 7) is 2.61. The number of nitrogens with one attached hydrogen (secondary N) is 1. The zero-order chi connectivity index (χ0) is 19.8. The highest BCUT2D eigenvalue weighted by molar-refractivity contribution is 6.06. The van der Waals surface area contributed by atoms with Gasteiger partial charge in [-0.1, -0.05) is 18.2 Å². The van der Waals surface area contributed by atoms with E-state index in [0.29, 0.717) is 37.3 Å². The summed E-state index contributed by atoms with van der Waals surface area (Å²) in [6, 6.07) is 11.0. The Morgan fingerprint density at radius 1 is 0.966 bits per heavy atom. The molecule has 3 aromatic rings. The molecule has 1 aromatic carbocycles. The van der Waals surface area contributed by atoms with Crippen LogP contribution in [0.1, 0.15) is 34.5 Å². The van der Waals surface area contributed by atoms with Gasteiger partial charge in [-0.25, -0.2) is 0 Å². The minimum absolute atomic E-state index is 0.0940. The molecule has 0 atom stereocenters. The molecule has 7 heteroatoms. The van der Waals surface area contributed by atoms with E-state index < -0.39 is 0 Å². The first-order chi connectivity index (χ1) is 14.2. The molecule has 1 fully saturated rings. The maximum atomic E-state index is 13.1. The SMILES string of the molecule is O=C(c1cc(=O)[nH]c2ccccc12)N1CCN(c2cc3c(nn2)CCCC3)CC1. The number of pyridine rings is 1. The molecule has 0 bridgehead atoms. The van der Waals surface area contributed by atoms with Crippen molar-refractivity contribution in [1.29, 1.82) is 0 Å². The van der Waals surface area contributed by atoms with Crippen molar-refractivity contribution in [3.05, 3.63) is 63.6 Å². The molecule has 1 aliphatic heterocycles. The lowest BCUT2D eigenvalue weighted by Crippen LogP contribution is -2.49. The normalized spacial score (nSPS) is 16.7. The monoisotopic (exact) mass is 389 g/mol. The lowest BCUT2D eigenvalue weighted by molar-refractivity contribution is 0.0748. The summed E-state index contributed by atoms with van der Waals surface area (Å²) in [5.41, 5.74) is 3.34. The van der Waals surface area contributed by atoms with Gasteiger partial charge in [-0.3, -0.25) is 9.59 Å². The molecular formula is C22H23N5O2. The highest BCUT2D eigenvalue weighted by Crippen LogP contribution is 2.23. The van der Waals surface area contributed by atoms with Crippen molar-refractivity contribution < 1.29 is 4.79 Å². The Labute approximate surface area is 168 Å². The second kappa shape index (κ2) is 7.31. The van der Waals surface area contributed by atoms with Crippen molar-refractivity contribution in [3.63, 3.8) is 0 Å². The van der Waals surface area contributed by atoms with Crippen molar-refractivity contribution in [2.24, 2.45) is 0 Å². The van der Waals surface area contributed by atoms with Crippen molar-refractivity contribution in [2.75, 3.05) is 31.1 Å². The van der Waals surface area contributed by atoms with Crippen LogP contribution >= 0.6 is 0 Å². The second-order valence-electron chi connectivity index (χ2n) is 7.75.